The summed E-state index contributed by atoms with van der Waals surface area (Å²) in [6.45, 7) is 3.63. The van der Waals surface area contributed by atoms with Crippen molar-refractivity contribution in [2.75, 3.05) is 14.2 Å². The predicted molar refractivity (Wildman–Crippen MR) is 151 cm³/mol. The fraction of sp³-hybridized carbons (Fsp3) is 0.226. The van der Waals surface area contributed by atoms with Gasteiger partial charge in [0.15, 0.2) is 18.2 Å². The Morgan fingerprint density at radius 3 is 2.12 bits per heavy atom. The van der Waals surface area contributed by atoms with Crippen LogP contribution in [-0.2, 0) is 15.0 Å². The van der Waals surface area contributed by atoms with Crippen molar-refractivity contribution in [1.82, 2.24) is 20.2 Å². The highest BCUT2D eigenvalue weighted by Crippen LogP contribution is 2.41. The highest BCUT2D eigenvalue weighted by molar-refractivity contribution is 5.86. The van der Waals surface area contributed by atoms with Crippen LogP contribution in [0.15, 0.2) is 109 Å². The summed E-state index contributed by atoms with van der Waals surface area (Å²) in [7, 11) is 3.18. The standard InChI is InChI=1S/C31H30FN5O4/c1-19-26(38)24(32)29(41-19)37-18-33-25-27(37)34-30(35-28(25)40-3)36-31(20-10-6-4-7-11-20,21-12-8-5-9-13-21)22-14-16-23(39-2)17-15-22/h4-18,24,26,28-29,38H,1H2,2-3H3,(H2,34,35,36)/t24-,26-,28?,29-/m1/s1. The summed E-state index contributed by atoms with van der Waals surface area (Å²) in [6, 6.07) is 27.9. The average molecular weight is 556 g/mol. The summed E-state index contributed by atoms with van der Waals surface area (Å²) in [6.07, 6.45) is -3.63. The monoisotopic (exact) mass is 555 g/mol. The summed E-state index contributed by atoms with van der Waals surface area (Å²) in [4.78, 5) is 9.29. The van der Waals surface area contributed by atoms with Gasteiger partial charge in [0, 0.05) is 7.11 Å². The van der Waals surface area contributed by atoms with Gasteiger partial charge in [-0.25, -0.2) is 9.37 Å². The molecule has 3 heterocycles. The molecule has 1 saturated heterocycles. The van der Waals surface area contributed by atoms with E-state index in [0.29, 0.717) is 17.5 Å². The van der Waals surface area contributed by atoms with Crippen LogP contribution in [0.4, 0.5) is 10.2 Å². The Morgan fingerprint density at radius 1 is 0.976 bits per heavy atom. The minimum atomic E-state index is -1.74. The number of alkyl halides is 1. The van der Waals surface area contributed by atoms with E-state index in [4.69, 9.17) is 19.2 Å². The third-order valence-electron chi connectivity index (χ3n) is 7.46. The van der Waals surface area contributed by atoms with Crippen molar-refractivity contribution in [2.45, 2.75) is 30.3 Å². The van der Waals surface area contributed by atoms with E-state index >= 15 is 4.39 Å². The van der Waals surface area contributed by atoms with Crippen molar-refractivity contribution in [2.24, 2.45) is 4.99 Å². The van der Waals surface area contributed by atoms with Crippen LogP contribution in [-0.4, -0.2) is 47.1 Å². The second kappa shape index (κ2) is 10.7. The van der Waals surface area contributed by atoms with Crippen LogP contribution in [0.5, 0.6) is 5.75 Å². The number of aliphatic imine (C=N–C) groups is 1. The molecule has 41 heavy (non-hydrogen) atoms. The number of nitrogens with one attached hydrogen (secondary N) is 2. The quantitative estimate of drug-likeness (QED) is 0.290. The Morgan fingerprint density at radius 2 is 1.59 bits per heavy atom. The Hall–Kier alpha value is -4.67. The summed E-state index contributed by atoms with van der Waals surface area (Å²) >= 11 is 0. The number of guanidine groups is 1. The first-order valence-corrected chi connectivity index (χ1v) is 13.1. The van der Waals surface area contributed by atoms with Gasteiger partial charge in [0.2, 0.25) is 12.2 Å². The molecule has 2 aliphatic rings. The van der Waals surface area contributed by atoms with Gasteiger partial charge in [-0.3, -0.25) is 4.57 Å². The van der Waals surface area contributed by atoms with E-state index in [9.17, 15) is 5.11 Å². The maximum absolute atomic E-state index is 15.0. The van der Waals surface area contributed by atoms with E-state index in [-0.39, 0.29) is 5.76 Å². The highest BCUT2D eigenvalue weighted by Gasteiger charge is 2.44. The lowest BCUT2D eigenvalue weighted by atomic mass is 9.77. The Kier molecular flexibility index (Phi) is 6.94. The van der Waals surface area contributed by atoms with Crippen molar-refractivity contribution >= 4 is 11.8 Å². The first-order chi connectivity index (χ1) is 20.0. The number of ether oxygens (including phenoxy) is 3. The molecule has 0 aliphatic carbocycles. The molecular formula is C31H30FN5O4. The van der Waals surface area contributed by atoms with Gasteiger partial charge in [-0.2, -0.15) is 4.99 Å². The van der Waals surface area contributed by atoms with Gasteiger partial charge in [-0.15, -0.1) is 0 Å². The first-order valence-electron chi connectivity index (χ1n) is 13.1. The maximum atomic E-state index is 15.0. The molecule has 0 spiro atoms. The summed E-state index contributed by atoms with van der Waals surface area (Å²) in [5.74, 6) is 1.38. The fourth-order valence-electron chi connectivity index (χ4n) is 5.37. The van der Waals surface area contributed by atoms with E-state index < -0.39 is 30.3 Å². The number of methoxy groups -OCH3 is 2. The van der Waals surface area contributed by atoms with Gasteiger partial charge >= 0.3 is 0 Å². The minimum absolute atomic E-state index is 0.0452. The molecule has 210 valence electrons. The number of aliphatic hydroxyl groups is 1. The summed E-state index contributed by atoms with van der Waals surface area (Å²) in [5.41, 5.74) is 2.37. The summed E-state index contributed by atoms with van der Waals surface area (Å²) in [5, 5.41) is 17.1. The number of nitrogens with zero attached hydrogens (tertiary/aromatic N) is 3. The van der Waals surface area contributed by atoms with Crippen LogP contribution in [0.25, 0.3) is 0 Å². The largest absolute Gasteiger partial charge is 0.497 e. The van der Waals surface area contributed by atoms with Gasteiger partial charge in [0.25, 0.3) is 0 Å². The summed E-state index contributed by atoms with van der Waals surface area (Å²) < 4.78 is 33.2. The molecule has 3 N–H and O–H groups in total. The Bertz CT molecular complexity index is 1520. The molecule has 4 aromatic rings. The number of rotatable bonds is 7. The zero-order chi connectivity index (χ0) is 28.6. The van der Waals surface area contributed by atoms with Gasteiger partial charge in [-0.1, -0.05) is 79.4 Å². The van der Waals surface area contributed by atoms with Crippen LogP contribution in [0.1, 0.15) is 34.8 Å². The molecule has 9 nitrogen and oxygen atoms in total. The van der Waals surface area contributed by atoms with E-state index in [1.54, 1.807) is 14.2 Å². The van der Waals surface area contributed by atoms with Gasteiger partial charge in [-0.05, 0) is 28.8 Å². The van der Waals surface area contributed by atoms with E-state index in [1.807, 2.05) is 84.9 Å². The average Bonchev–Trinajstić information content (AvgIpc) is 3.56. The Balaban J connectivity index is 1.52. The third-order valence-corrected chi connectivity index (χ3v) is 7.46. The molecule has 4 atom stereocenters. The first kappa shape index (κ1) is 26.5. The number of benzene rings is 3. The number of hydrogen-bond acceptors (Lipinski definition) is 8. The molecule has 1 unspecified atom stereocenters. The lowest BCUT2D eigenvalue weighted by Gasteiger charge is -2.39. The van der Waals surface area contributed by atoms with Crippen molar-refractivity contribution in [3.8, 4) is 5.75 Å². The van der Waals surface area contributed by atoms with Crippen LogP contribution < -0.4 is 15.4 Å². The van der Waals surface area contributed by atoms with Gasteiger partial charge < -0.3 is 30.0 Å². The van der Waals surface area contributed by atoms with Crippen LogP contribution in [0.2, 0.25) is 0 Å². The van der Waals surface area contributed by atoms with Crippen molar-refractivity contribution in [1.29, 1.82) is 0 Å². The molecule has 6 rings (SSSR count). The molecule has 1 aromatic heterocycles. The Labute approximate surface area is 236 Å². The minimum Gasteiger partial charge on any atom is -0.497 e. The van der Waals surface area contributed by atoms with Crippen molar-refractivity contribution in [3.63, 3.8) is 0 Å². The van der Waals surface area contributed by atoms with E-state index in [0.717, 1.165) is 22.4 Å². The molecule has 3 aromatic carbocycles. The maximum Gasteiger partial charge on any atom is 0.212 e. The van der Waals surface area contributed by atoms with Gasteiger partial charge in [0.1, 0.15) is 28.8 Å². The molecule has 0 amide bonds. The normalized spacial score (nSPS) is 21.9. The van der Waals surface area contributed by atoms with Crippen LogP contribution >= 0.6 is 0 Å². The molecular weight excluding hydrogens is 525 g/mol. The topological polar surface area (TPSA) is 102 Å². The SMILES string of the molecule is C=C1O[C@@H](n2cnc3c2N=C(NC(c2ccccc2)(c2ccccc2)c2ccc(OC)cc2)NC3OC)[C@H](F)[C@@H]1O. The molecule has 0 radical (unpaired) electrons. The lowest BCUT2D eigenvalue weighted by Crippen LogP contribution is -2.53. The number of imidazole rings is 1. The lowest BCUT2D eigenvalue weighted by molar-refractivity contribution is 0.0385. The van der Waals surface area contributed by atoms with Crippen LogP contribution in [0.3, 0.4) is 0 Å². The van der Waals surface area contributed by atoms with E-state index in [2.05, 4.69) is 22.2 Å². The van der Waals surface area contributed by atoms with Crippen molar-refractivity contribution in [3.05, 3.63) is 126 Å². The molecule has 0 saturated carbocycles. The molecule has 2 aliphatic heterocycles. The predicted octanol–water partition coefficient (Wildman–Crippen LogP) is 4.45. The molecule has 10 heteroatoms. The molecule has 1 fully saturated rings. The fourth-order valence-corrected chi connectivity index (χ4v) is 5.37. The third kappa shape index (κ3) is 4.51. The smallest absolute Gasteiger partial charge is 0.212 e. The number of aromatic nitrogens is 2. The number of hydrogen-bond donors (Lipinski definition) is 3. The van der Waals surface area contributed by atoms with Gasteiger partial charge in [0.05, 0.1) is 13.4 Å². The highest BCUT2D eigenvalue weighted by atomic mass is 19.1. The number of halogens is 1. The second-order valence-electron chi connectivity index (χ2n) is 9.78. The zero-order valence-corrected chi connectivity index (χ0v) is 22.6. The zero-order valence-electron chi connectivity index (χ0n) is 22.6. The second-order valence-corrected chi connectivity index (χ2v) is 9.78. The van der Waals surface area contributed by atoms with E-state index in [1.165, 1.54) is 10.9 Å². The van der Waals surface area contributed by atoms with Crippen LogP contribution in [0, 0.1) is 0 Å². The number of aliphatic hydroxyl groups excluding tert-OH is 1. The number of fused-ring (bicyclic) bond motifs is 1. The molecule has 0 bridgehead atoms. The van der Waals surface area contributed by atoms with Crippen molar-refractivity contribution < 1.29 is 23.7 Å².